The topological polar surface area (TPSA) is 56.3 Å². The van der Waals surface area contributed by atoms with E-state index in [9.17, 15) is 0 Å². The van der Waals surface area contributed by atoms with Crippen molar-refractivity contribution >= 4 is 11.9 Å². The van der Waals surface area contributed by atoms with Gasteiger partial charge >= 0.3 is 0 Å². The second kappa shape index (κ2) is 13.8. The summed E-state index contributed by atoms with van der Waals surface area (Å²) in [6.07, 6.45) is 17.5. The van der Waals surface area contributed by atoms with Gasteiger partial charge in [-0.15, -0.1) is 0 Å². The highest BCUT2D eigenvalue weighted by Crippen LogP contribution is 2.02. The molecular weight excluding hydrogens is 308 g/mol. The summed E-state index contributed by atoms with van der Waals surface area (Å²) < 4.78 is 0. The number of rotatable bonds is 0. The van der Waals surface area contributed by atoms with Crippen LogP contribution < -0.4 is 0 Å². The minimum Gasteiger partial charge on any atom is -0.367 e. The van der Waals surface area contributed by atoms with Crippen LogP contribution in [0.15, 0.2) is 71.0 Å². The van der Waals surface area contributed by atoms with Gasteiger partial charge in [-0.3, -0.25) is 9.98 Å². The standard InChI is InChI=1S/4C5H7N.CH4/c3*1-5-2-3-6-4-5;1-5-3-2-4-6-5;/h3-4H,2H2,1H3;2*2-4,6H,1H3;2,4H,3H2,1H3;1H4. The fourth-order valence-electron chi connectivity index (χ4n) is 1.70. The van der Waals surface area contributed by atoms with Crippen LogP contribution in [0, 0.1) is 13.8 Å². The minimum atomic E-state index is 0. The van der Waals surface area contributed by atoms with Crippen LogP contribution in [-0.4, -0.2) is 21.9 Å². The van der Waals surface area contributed by atoms with Gasteiger partial charge in [0.1, 0.15) is 0 Å². The molecule has 4 heteroatoms. The lowest BCUT2D eigenvalue weighted by Gasteiger charge is -1.76. The molecule has 4 heterocycles. The molecule has 0 saturated carbocycles. The molecule has 136 valence electrons. The van der Waals surface area contributed by atoms with Gasteiger partial charge in [0.05, 0.1) is 0 Å². The van der Waals surface area contributed by atoms with Crippen molar-refractivity contribution in [2.45, 2.75) is 48.0 Å². The van der Waals surface area contributed by atoms with Crippen LogP contribution in [0.4, 0.5) is 0 Å². The second-order valence-corrected chi connectivity index (χ2v) is 5.74. The third kappa shape index (κ3) is 12.5. The molecule has 0 bridgehead atoms. The van der Waals surface area contributed by atoms with Crippen molar-refractivity contribution in [2.24, 2.45) is 9.98 Å². The molecule has 0 spiro atoms. The minimum absolute atomic E-state index is 0. The number of nitrogens with one attached hydrogen (secondary N) is 2. The number of hydrogen-bond acceptors (Lipinski definition) is 2. The lowest BCUT2D eigenvalue weighted by Crippen LogP contribution is -1.78. The van der Waals surface area contributed by atoms with Gasteiger partial charge in [-0.1, -0.05) is 13.5 Å². The summed E-state index contributed by atoms with van der Waals surface area (Å²) in [5.41, 5.74) is 5.15. The molecule has 0 saturated heterocycles. The first-order valence-electron chi connectivity index (χ1n) is 8.12. The van der Waals surface area contributed by atoms with Crippen LogP contribution in [0.25, 0.3) is 0 Å². The van der Waals surface area contributed by atoms with Gasteiger partial charge in [0.15, 0.2) is 0 Å². The molecule has 2 aliphatic heterocycles. The van der Waals surface area contributed by atoms with Crippen molar-refractivity contribution < 1.29 is 0 Å². The third-order valence-electron chi connectivity index (χ3n) is 3.13. The normalized spacial score (nSPS) is 13.1. The van der Waals surface area contributed by atoms with Gasteiger partial charge in [-0.05, 0) is 56.5 Å². The van der Waals surface area contributed by atoms with Gasteiger partial charge in [0.25, 0.3) is 0 Å². The number of hydrogen-bond donors (Lipinski definition) is 2. The quantitative estimate of drug-likeness (QED) is 0.590. The summed E-state index contributed by atoms with van der Waals surface area (Å²) in [4.78, 5) is 13.7. The van der Waals surface area contributed by atoms with Crippen molar-refractivity contribution in [1.82, 2.24) is 9.97 Å². The molecule has 2 aromatic rings. The molecule has 2 aromatic heterocycles. The van der Waals surface area contributed by atoms with E-state index in [1.54, 1.807) is 0 Å². The number of aryl methyl sites for hydroxylation is 2. The average molecular weight is 341 g/mol. The Hall–Kier alpha value is -2.62. The maximum Gasteiger partial charge on any atom is 0.0256 e. The number of H-pyrrole nitrogens is 2. The summed E-state index contributed by atoms with van der Waals surface area (Å²) in [7, 11) is 0. The van der Waals surface area contributed by atoms with Crippen molar-refractivity contribution in [1.29, 1.82) is 0 Å². The SMILES string of the molecule is C.CC1=CN=CC1.CC1=NC=CC1.Cc1cc[nH]c1.Cc1cc[nH]c1. The third-order valence-corrected chi connectivity index (χ3v) is 3.13. The summed E-state index contributed by atoms with van der Waals surface area (Å²) in [5, 5.41) is 0. The van der Waals surface area contributed by atoms with E-state index in [0.29, 0.717) is 0 Å². The predicted molar refractivity (Wildman–Crippen MR) is 112 cm³/mol. The van der Waals surface area contributed by atoms with E-state index in [4.69, 9.17) is 0 Å². The Kier molecular flexibility index (Phi) is 12.3. The van der Waals surface area contributed by atoms with E-state index < -0.39 is 0 Å². The number of allylic oxidation sites excluding steroid dienone is 2. The Labute approximate surface area is 152 Å². The fourth-order valence-corrected chi connectivity index (χ4v) is 1.70. The van der Waals surface area contributed by atoms with Crippen LogP contribution in [0.1, 0.15) is 45.2 Å². The van der Waals surface area contributed by atoms with Gasteiger partial charge in [0, 0.05) is 62.0 Å². The number of nitrogens with zero attached hydrogens (tertiary/aromatic N) is 2. The first-order chi connectivity index (χ1) is 11.6. The Morgan fingerprint density at radius 1 is 0.880 bits per heavy atom. The Morgan fingerprint density at radius 2 is 1.48 bits per heavy atom. The molecule has 4 nitrogen and oxygen atoms in total. The summed E-state index contributed by atoms with van der Waals surface area (Å²) in [6.45, 7) is 8.21. The second-order valence-electron chi connectivity index (χ2n) is 5.74. The summed E-state index contributed by atoms with van der Waals surface area (Å²) in [5.74, 6) is 0. The van der Waals surface area contributed by atoms with Crippen LogP contribution in [-0.2, 0) is 0 Å². The molecule has 0 atom stereocenters. The Bertz CT molecular complexity index is 597. The maximum absolute atomic E-state index is 3.97. The molecule has 2 N–H and O–H groups in total. The Morgan fingerprint density at radius 3 is 1.60 bits per heavy atom. The predicted octanol–water partition coefficient (Wildman–Crippen LogP) is 6.01. The zero-order valence-corrected chi connectivity index (χ0v) is 15.1. The van der Waals surface area contributed by atoms with E-state index in [2.05, 4.69) is 46.8 Å². The van der Waals surface area contributed by atoms with E-state index in [1.807, 2.05) is 62.5 Å². The molecule has 0 amide bonds. The smallest absolute Gasteiger partial charge is 0.0256 e. The van der Waals surface area contributed by atoms with Crippen molar-refractivity contribution in [3.63, 3.8) is 0 Å². The van der Waals surface area contributed by atoms with E-state index in [0.717, 1.165) is 12.8 Å². The molecule has 0 aromatic carbocycles. The largest absolute Gasteiger partial charge is 0.367 e. The average Bonchev–Trinajstić information content (AvgIpc) is 3.31. The molecule has 2 aliphatic rings. The molecule has 0 fully saturated rings. The lowest BCUT2D eigenvalue weighted by atomic mass is 10.3. The van der Waals surface area contributed by atoms with Crippen molar-refractivity contribution in [3.8, 4) is 0 Å². The molecular formula is C21H32N4. The highest BCUT2D eigenvalue weighted by atomic mass is 14.7. The number of aliphatic imine (C=N–C) groups is 2. The van der Waals surface area contributed by atoms with Crippen molar-refractivity contribution in [2.75, 3.05) is 0 Å². The molecule has 0 aliphatic carbocycles. The highest BCUT2D eigenvalue weighted by molar-refractivity contribution is 5.85. The van der Waals surface area contributed by atoms with Gasteiger partial charge in [-0.25, -0.2) is 0 Å². The van der Waals surface area contributed by atoms with Gasteiger partial charge in [-0.2, -0.15) is 0 Å². The van der Waals surface area contributed by atoms with Gasteiger partial charge in [0.2, 0.25) is 0 Å². The molecule has 0 unspecified atom stereocenters. The van der Waals surface area contributed by atoms with E-state index >= 15 is 0 Å². The molecule has 0 radical (unpaired) electrons. The Balaban J connectivity index is 0.000000303. The zero-order valence-electron chi connectivity index (χ0n) is 15.1. The molecule has 4 rings (SSSR count). The first kappa shape index (κ1) is 22.4. The fraction of sp³-hybridized carbons (Fsp3) is 0.333. The lowest BCUT2D eigenvalue weighted by molar-refractivity contribution is 1.32. The summed E-state index contributed by atoms with van der Waals surface area (Å²) in [6, 6.07) is 4.06. The maximum atomic E-state index is 3.97. The first-order valence-corrected chi connectivity index (χ1v) is 8.12. The van der Waals surface area contributed by atoms with Crippen molar-refractivity contribution in [3.05, 3.63) is 72.1 Å². The van der Waals surface area contributed by atoms with E-state index in [1.165, 1.54) is 22.4 Å². The summed E-state index contributed by atoms with van der Waals surface area (Å²) >= 11 is 0. The van der Waals surface area contributed by atoms with Crippen LogP contribution in [0.5, 0.6) is 0 Å². The van der Waals surface area contributed by atoms with E-state index in [-0.39, 0.29) is 7.43 Å². The zero-order chi connectivity index (χ0) is 17.6. The van der Waals surface area contributed by atoms with Crippen LogP contribution >= 0.6 is 0 Å². The molecule has 25 heavy (non-hydrogen) atoms. The number of aromatic amines is 2. The monoisotopic (exact) mass is 340 g/mol. The van der Waals surface area contributed by atoms with Gasteiger partial charge < -0.3 is 9.97 Å². The number of aromatic nitrogens is 2. The van der Waals surface area contributed by atoms with Crippen LogP contribution in [0.2, 0.25) is 0 Å². The highest BCUT2D eigenvalue weighted by Gasteiger charge is 1.88. The van der Waals surface area contributed by atoms with Crippen LogP contribution in [0.3, 0.4) is 0 Å².